The topological polar surface area (TPSA) is 64.3 Å². The van der Waals surface area contributed by atoms with Crippen molar-refractivity contribution in [1.82, 2.24) is 5.32 Å². The molecule has 0 bridgehead atoms. The quantitative estimate of drug-likeness (QED) is 0.780. The number of benzene rings is 1. The molecule has 1 rings (SSSR count). The highest BCUT2D eigenvalue weighted by molar-refractivity contribution is 5.81. The molecule has 0 spiro atoms. The van der Waals surface area contributed by atoms with Crippen LogP contribution < -0.4 is 11.1 Å². The molecule has 3 N–H and O–H groups in total. The standard InChI is InChI=1S/C11H14F2N2O2/c12-11(13)17-7-9(14)10(16)15-6-8-4-2-1-3-5-8/h1-5,9,11H,6-7,14H2,(H,15,16)/t9-/m1/s1. The molecule has 0 saturated heterocycles. The van der Waals surface area contributed by atoms with E-state index < -0.39 is 25.2 Å². The Morgan fingerprint density at radius 3 is 2.59 bits per heavy atom. The minimum absolute atomic E-state index is 0.308. The van der Waals surface area contributed by atoms with Crippen LogP contribution >= 0.6 is 0 Å². The molecule has 0 aromatic heterocycles. The van der Waals surface area contributed by atoms with Gasteiger partial charge in [0, 0.05) is 6.54 Å². The number of amides is 1. The van der Waals surface area contributed by atoms with Crippen molar-refractivity contribution in [2.75, 3.05) is 6.61 Å². The third kappa shape index (κ3) is 5.37. The molecule has 0 saturated carbocycles. The predicted octanol–water partition coefficient (Wildman–Crippen LogP) is 0.869. The molecule has 4 nitrogen and oxygen atoms in total. The summed E-state index contributed by atoms with van der Waals surface area (Å²) in [5, 5.41) is 2.53. The summed E-state index contributed by atoms with van der Waals surface area (Å²) in [6.07, 6.45) is 0. The number of rotatable bonds is 6. The van der Waals surface area contributed by atoms with Crippen LogP contribution in [0.15, 0.2) is 30.3 Å². The molecule has 0 aliphatic rings. The Balaban J connectivity index is 2.29. The van der Waals surface area contributed by atoms with Crippen LogP contribution in [0.2, 0.25) is 0 Å². The predicted molar refractivity (Wildman–Crippen MR) is 58.2 cm³/mol. The zero-order chi connectivity index (χ0) is 12.7. The Bertz CT molecular complexity index is 347. The van der Waals surface area contributed by atoms with E-state index in [4.69, 9.17) is 5.73 Å². The summed E-state index contributed by atoms with van der Waals surface area (Å²) in [6, 6.07) is 8.10. The maximum atomic E-state index is 11.7. The number of hydrogen-bond donors (Lipinski definition) is 2. The maximum Gasteiger partial charge on any atom is 0.345 e. The zero-order valence-corrected chi connectivity index (χ0v) is 9.11. The number of halogens is 2. The van der Waals surface area contributed by atoms with E-state index in [1.54, 1.807) is 0 Å². The van der Waals surface area contributed by atoms with Crippen LogP contribution in [0, 0.1) is 0 Å². The number of carbonyl (C=O) groups is 1. The van der Waals surface area contributed by atoms with Crippen molar-refractivity contribution < 1.29 is 18.3 Å². The molecular formula is C11H14F2N2O2. The van der Waals surface area contributed by atoms with Crippen molar-refractivity contribution in [3.63, 3.8) is 0 Å². The van der Waals surface area contributed by atoms with Crippen LogP contribution in [-0.4, -0.2) is 25.2 Å². The van der Waals surface area contributed by atoms with E-state index in [9.17, 15) is 13.6 Å². The van der Waals surface area contributed by atoms with Crippen molar-refractivity contribution >= 4 is 5.91 Å². The van der Waals surface area contributed by atoms with Crippen molar-refractivity contribution in [3.8, 4) is 0 Å². The van der Waals surface area contributed by atoms with E-state index in [1.165, 1.54) is 0 Å². The fraction of sp³-hybridized carbons (Fsp3) is 0.364. The highest BCUT2D eigenvalue weighted by Crippen LogP contribution is 1.98. The van der Waals surface area contributed by atoms with Gasteiger partial charge >= 0.3 is 6.61 Å². The molecular weight excluding hydrogens is 230 g/mol. The van der Waals surface area contributed by atoms with E-state index in [2.05, 4.69) is 10.1 Å². The van der Waals surface area contributed by atoms with Gasteiger partial charge in [0.15, 0.2) is 0 Å². The largest absolute Gasteiger partial charge is 0.351 e. The highest BCUT2D eigenvalue weighted by atomic mass is 19.3. The molecule has 0 aliphatic carbocycles. The second kappa shape index (κ2) is 6.93. The molecule has 0 radical (unpaired) electrons. The first-order valence-electron chi connectivity index (χ1n) is 5.06. The van der Waals surface area contributed by atoms with Gasteiger partial charge in [0.2, 0.25) is 5.91 Å². The number of nitrogens with one attached hydrogen (secondary N) is 1. The number of ether oxygens (including phenoxy) is 1. The Kier molecular flexibility index (Phi) is 5.51. The maximum absolute atomic E-state index is 11.7. The lowest BCUT2D eigenvalue weighted by atomic mass is 10.2. The SMILES string of the molecule is N[C@H](COC(F)F)C(=O)NCc1ccccc1. The van der Waals surface area contributed by atoms with Gasteiger partial charge < -0.3 is 15.8 Å². The van der Waals surface area contributed by atoms with Gasteiger partial charge in [-0.05, 0) is 5.56 Å². The van der Waals surface area contributed by atoms with Crippen LogP contribution in [0.5, 0.6) is 0 Å². The molecule has 0 aliphatic heterocycles. The Morgan fingerprint density at radius 2 is 2.00 bits per heavy atom. The second-order valence-electron chi connectivity index (χ2n) is 3.40. The number of hydrogen-bond acceptors (Lipinski definition) is 3. The van der Waals surface area contributed by atoms with Crippen LogP contribution in [0.4, 0.5) is 8.78 Å². The first-order valence-corrected chi connectivity index (χ1v) is 5.06. The van der Waals surface area contributed by atoms with E-state index in [0.717, 1.165) is 5.56 Å². The highest BCUT2D eigenvalue weighted by Gasteiger charge is 2.15. The van der Waals surface area contributed by atoms with E-state index in [0.29, 0.717) is 6.54 Å². The van der Waals surface area contributed by atoms with Gasteiger partial charge in [-0.1, -0.05) is 30.3 Å². The van der Waals surface area contributed by atoms with Gasteiger partial charge in [-0.25, -0.2) is 0 Å². The van der Waals surface area contributed by atoms with Gasteiger partial charge in [-0.3, -0.25) is 4.79 Å². The molecule has 0 fully saturated rings. The van der Waals surface area contributed by atoms with Crippen LogP contribution in [0.25, 0.3) is 0 Å². The number of nitrogens with two attached hydrogens (primary N) is 1. The Hall–Kier alpha value is -1.53. The number of carbonyl (C=O) groups excluding carboxylic acids is 1. The van der Waals surface area contributed by atoms with Gasteiger partial charge in [0.05, 0.1) is 6.61 Å². The third-order valence-corrected chi connectivity index (χ3v) is 2.05. The first-order chi connectivity index (χ1) is 8.09. The molecule has 1 aromatic rings. The molecule has 94 valence electrons. The molecule has 17 heavy (non-hydrogen) atoms. The lowest BCUT2D eigenvalue weighted by molar-refractivity contribution is -0.141. The van der Waals surface area contributed by atoms with E-state index in [-0.39, 0.29) is 0 Å². The van der Waals surface area contributed by atoms with Crippen LogP contribution in [0.1, 0.15) is 5.56 Å². The van der Waals surface area contributed by atoms with Crippen molar-refractivity contribution in [3.05, 3.63) is 35.9 Å². The smallest absolute Gasteiger partial charge is 0.345 e. The fourth-order valence-electron chi connectivity index (χ4n) is 1.17. The average molecular weight is 244 g/mol. The van der Waals surface area contributed by atoms with Gasteiger partial charge in [-0.2, -0.15) is 8.78 Å². The third-order valence-electron chi connectivity index (χ3n) is 2.05. The molecule has 1 aromatic carbocycles. The summed E-state index contributed by atoms with van der Waals surface area (Å²) in [5.74, 6) is -0.519. The van der Waals surface area contributed by atoms with E-state index in [1.807, 2.05) is 30.3 Å². The van der Waals surface area contributed by atoms with Crippen molar-refractivity contribution in [1.29, 1.82) is 0 Å². The summed E-state index contributed by atoms with van der Waals surface area (Å²) >= 11 is 0. The Labute approximate surface area is 97.8 Å². The van der Waals surface area contributed by atoms with Crippen LogP contribution in [-0.2, 0) is 16.1 Å². The summed E-state index contributed by atoms with van der Waals surface area (Å²) in [6.45, 7) is -3.11. The molecule has 1 atom stereocenters. The monoisotopic (exact) mass is 244 g/mol. The molecule has 0 heterocycles. The first kappa shape index (κ1) is 13.5. The summed E-state index contributed by atoms with van der Waals surface area (Å²) < 4.78 is 27.4. The minimum atomic E-state index is -2.91. The summed E-state index contributed by atoms with van der Waals surface area (Å²) in [4.78, 5) is 11.4. The summed E-state index contributed by atoms with van der Waals surface area (Å²) in [7, 11) is 0. The number of alkyl halides is 2. The lowest BCUT2D eigenvalue weighted by Gasteiger charge is -2.12. The average Bonchev–Trinajstić information content (AvgIpc) is 2.34. The van der Waals surface area contributed by atoms with Crippen molar-refractivity contribution in [2.45, 2.75) is 19.2 Å². The fourth-order valence-corrected chi connectivity index (χ4v) is 1.17. The normalized spacial score (nSPS) is 12.5. The second-order valence-corrected chi connectivity index (χ2v) is 3.40. The van der Waals surface area contributed by atoms with E-state index >= 15 is 0 Å². The van der Waals surface area contributed by atoms with Crippen molar-refractivity contribution in [2.24, 2.45) is 5.73 Å². The minimum Gasteiger partial charge on any atom is -0.351 e. The van der Waals surface area contributed by atoms with Gasteiger partial charge in [-0.15, -0.1) is 0 Å². The zero-order valence-electron chi connectivity index (χ0n) is 9.11. The molecule has 6 heteroatoms. The summed E-state index contributed by atoms with van der Waals surface area (Å²) in [5.41, 5.74) is 6.26. The molecule has 0 unspecified atom stereocenters. The molecule has 1 amide bonds. The van der Waals surface area contributed by atoms with Gasteiger partial charge in [0.25, 0.3) is 0 Å². The Morgan fingerprint density at radius 1 is 1.35 bits per heavy atom. The van der Waals surface area contributed by atoms with Gasteiger partial charge in [0.1, 0.15) is 6.04 Å². The lowest BCUT2D eigenvalue weighted by Crippen LogP contribution is -2.43. The van der Waals surface area contributed by atoms with Crippen LogP contribution in [0.3, 0.4) is 0 Å².